The highest BCUT2D eigenvalue weighted by molar-refractivity contribution is 8.00. The molecule has 0 aromatic carbocycles. The molecule has 0 saturated carbocycles. The maximum Gasteiger partial charge on any atom is 0.315 e. The Morgan fingerprint density at radius 1 is 1.33 bits per heavy atom. The Labute approximate surface area is 114 Å². The molecule has 2 aliphatic rings. The molecule has 2 amide bonds. The Bertz CT molecular complexity index is 297. The van der Waals surface area contributed by atoms with E-state index in [1.807, 2.05) is 25.6 Å². The first kappa shape index (κ1) is 15.3. The third kappa shape index (κ3) is 4.19. The molecule has 18 heavy (non-hydrogen) atoms. The van der Waals surface area contributed by atoms with Gasteiger partial charge >= 0.3 is 6.03 Å². The molecule has 0 spiro atoms. The van der Waals surface area contributed by atoms with E-state index in [1.165, 1.54) is 0 Å². The van der Waals surface area contributed by atoms with Crippen LogP contribution in [0.15, 0.2) is 0 Å². The molecule has 2 heterocycles. The summed E-state index contributed by atoms with van der Waals surface area (Å²) in [6.07, 6.45) is 3.85. The quantitative estimate of drug-likeness (QED) is 0.596. The number of hydrogen-bond acceptors (Lipinski definition) is 3. The number of carbonyl (C=O) groups excluding carboxylic acids is 2. The van der Waals surface area contributed by atoms with E-state index in [0.29, 0.717) is 23.8 Å². The van der Waals surface area contributed by atoms with Gasteiger partial charge in [0.15, 0.2) is 0 Å². The van der Waals surface area contributed by atoms with Crippen LogP contribution in [0, 0.1) is 0 Å². The highest BCUT2D eigenvalue weighted by Gasteiger charge is 2.42. The second-order valence-electron chi connectivity index (χ2n) is 4.57. The average molecular weight is 272 g/mol. The van der Waals surface area contributed by atoms with Gasteiger partial charge in [0.2, 0.25) is 0 Å². The minimum Gasteiger partial charge on any atom is -0.332 e. The number of hydrogen-bond donors (Lipinski definition) is 2. The summed E-state index contributed by atoms with van der Waals surface area (Å²) in [7, 11) is 0. The molecule has 2 unspecified atom stereocenters. The third-order valence-electron chi connectivity index (χ3n) is 3.21. The highest BCUT2D eigenvalue weighted by Crippen LogP contribution is 2.33. The summed E-state index contributed by atoms with van der Waals surface area (Å²) in [5, 5.41) is 6.43. The second kappa shape index (κ2) is 7.67. The van der Waals surface area contributed by atoms with E-state index in [4.69, 9.17) is 0 Å². The van der Waals surface area contributed by atoms with E-state index in [9.17, 15) is 9.59 Å². The van der Waals surface area contributed by atoms with Crippen LogP contribution in [-0.4, -0.2) is 34.9 Å². The molecule has 104 valence electrons. The van der Waals surface area contributed by atoms with Gasteiger partial charge in [-0.25, -0.2) is 4.79 Å². The third-order valence-corrected chi connectivity index (χ3v) is 4.71. The van der Waals surface area contributed by atoms with Gasteiger partial charge in [-0.05, 0) is 19.8 Å². The summed E-state index contributed by atoms with van der Waals surface area (Å²) in [5.41, 5.74) is 0. The lowest BCUT2D eigenvalue weighted by atomic mass is 10.0. The van der Waals surface area contributed by atoms with Crippen molar-refractivity contribution in [1.29, 1.82) is 0 Å². The van der Waals surface area contributed by atoms with Crippen LogP contribution < -0.4 is 10.6 Å². The zero-order valence-electron chi connectivity index (χ0n) is 11.5. The van der Waals surface area contributed by atoms with Crippen LogP contribution in [0.25, 0.3) is 0 Å². The molecule has 2 rings (SSSR count). The summed E-state index contributed by atoms with van der Waals surface area (Å²) in [6, 6.07) is 0.592. The lowest BCUT2D eigenvalue weighted by Gasteiger charge is -2.16. The first-order valence-electron chi connectivity index (χ1n) is 6.85. The zero-order chi connectivity index (χ0) is 13.5. The number of urea groups is 1. The molecule has 0 aliphatic carbocycles. The number of carbonyl (C=O) groups is 2. The van der Waals surface area contributed by atoms with Crippen LogP contribution in [0.2, 0.25) is 0 Å². The van der Waals surface area contributed by atoms with Gasteiger partial charge in [0.1, 0.15) is 5.78 Å². The lowest BCUT2D eigenvalue weighted by molar-refractivity contribution is -0.117. The Morgan fingerprint density at radius 3 is 2.72 bits per heavy atom. The van der Waals surface area contributed by atoms with Gasteiger partial charge in [0.05, 0.1) is 12.1 Å². The van der Waals surface area contributed by atoms with Crippen molar-refractivity contribution in [3.63, 3.8) is 0 Å². The van der Waals surface area contributed by atoms with Crippen molar-refractivity contribution in [3.05, 3.63) is 0 Å². The molecule has 3 atom stereocenters. The summed E-state index contributed by atoms with van der Waals surface area (Å²) in [6.45, 7) is 5.64. The predicted molar refractivity (Wildman–Crippen MR) is 76.0 cm³/mol. The largest absolute Gasteiger partial charge is 0.332 e. The maximum absolute atomic E-state index is 11.1. The van der Waals surface area contributed by atoms with Crippen LogP contribution in [0.5, 0.6) is 0 Å². The smallest absolute Gasteiger partial charge is 0.315 e. The van der Waals surface area contributed by atoms with E-state index in [0.717, 1.165) is 25.0 Å². The lowest BCUT2D eigenvalue weighted by Crippen LogP contribution is -2.36. The molecular weight excluding hydrogens is 248 g/mol. The highest BCUT2D eigenvalue weighted by atomic mass is 32.2. The van der Waals surface area contributed by atoms with Crippen LogP contribution in [-0.2, 0) is 4.79 Å². The van der Waals surface area contributed by atoms with Gasteiger partial charge in [-0.1, -0.05) is 20.3 Å². The predicted octanol–water partition coefficient (Wildman–Crippen LogP) is 2.33. The van der Waals surface area contributed by atoms with Crippen LogP contribution in [0.3, 0.4) is 0 Å². The number of amides is 2. The zero-order valence-corrected chi connectivity index (χ0v) is 12.3. The van der Waals surface area contributed by atoms with Gasteiger partial charge in [-0.15, -0.1) is 0 Å². The standard InChI is InChI=1S/C11H18N2O2S.C2H6/c1-7(14)4-2-3-5-9-10-8(6-16-9)12-11(15)13-10;1-2/h8-10H,2-6H2,1H3,(H2,12,13,15);1-2H3/t8-,9?,10?;/m0./s1. The summed E-state index contributed by atoms with van der Waals surface area (Å²) < 4.78 is 0. The Balaban J connectivity index is 0.000000771. The van der Waals surface area contributed by atoms with Gasteiger partial charge in [-0.3, -0.25) is 0 Å². The number of ketones is 1. The SMILES string of the molecule is CC.CC(=O)CCCCC1SC[C@@H]2NC(=O)NC12. The van der Waals surface area contributed by atoms with Crippen LogP contribution >= 0.6 is 11.8 Å². The molecule has 0 aromatic heterocycles. The van der Waals surface area contributed by atoms with Crippen molar-refractivity contribution >= 4 is 23.6 Å². The monoisotopic (exact) mass is 272 g/mol. The molecular formula is C13H24N2O2S. The number of rotatable bonds is 5. The van der Waals surface area contributed by atoms with Crippen molar-refractivity contribution in [2.75, 3.05) is 5.75 Å². The van der Waals surface area contributed by atoms with E-state index in [2.05, 4.69) is 10.6 Å². The van der Waals surface area contributed by atoms with Gasteiger partial charge in [0.25, 0.3) is 0 Å². The van der Waals surface area contributed by atoms with Crippen molar-refractivity contribution < 1.29 is 9.59 Å². The number of unbranched alkanes of at least 4 members (excludes halogenated alkanes) is 1. The molecule has 2 aliphatic heterocycles. The summed E-state index contributed by atoms with van der Waals surface area (Å²) in [4.78, 5) is 21.9. The first-order chi connectivity index (χ1) is 8.66. The van der Waals surface area contributed by atoms with E-state index < -0.39 is 0 Å². The number of nitrogens with one attached hydrogen (secondary N) is 2. The molecule has 0 radical (unpaired) electrons. The molecule has 0 aromatic rings. The van der Waals surface area contributed by atoms with Crippen molar-refractivity contribution in [3.8, 4) is 0 Å². The summed E-state index contributed by atoms with van der Waals surface area (Å²) >= 11 is 1.93. The fraction of sp³-hybridized carbons (Fsp3) is 0.846. The Morgan fingerprint density at radius 2 is 2.06 bits per heavy atom. The number of thioether (sulfide) groups is 1. The van der Waals surface area contributed by atoms with Gasteiger partial charge in [0, 0.05) is 17.4 Å². The first-order valence-corrected chi connectivity index (χ1v) is 7.90. The maximum atomic E-state index is 11.1. The topological polar surface area (TPSA) is 58.2 Å². The fourth-order valence-electron chi connectivity index (χ4n) is 2.36. The molecule has 5 heteroatoms. The van der Waals surface area contributed by atoms with Crippen LogP contribution in [0.4, 0.5) is 4.79 Å². The minimum atomic E-state index is -0.0240. The average Bonchev–Trinajstić information content (AvgIpc) is 2.87. The van der Waals surface area contributed by atoms with Crippen LogP contribution in [0.1, 0.15) is 46.5 Å². The molecule has 2 fully saturated rings. The van der Waals surface area contributed by atoms with Gasteiger partial charge in [-0.2, -0.15) is 11.8 Å². The molecule has 2 N–H and O–H groups in total. The Hall–Kier alpha value is -0.710. The normalized spacial score (nSPS) is 28.8. The van der Waals surface area contributed by atoms with E-state index >= 15 is 0 Å². The number of Topliss-reactive ketones (excluding diaryl/α,β-unsaturated/α-hetero) is 1. The molecule has 2 saturated heterocycles. The summed E-state index contributed by atoms with van der Waals surface area (Å²) in [5.74, 6) is 1.29. The van der Waals surface area contributed by atoms with E-state index in [-0.39, 0.29) is 11.8 Å². The van der Waals surface area contributed by atoms with E-state index in [1.54, 1.807) is 6.92 Å². The van der Waals surface area contributed by atoms with Crippen molar-refractivity contribution in [2.45, 2.75) is 63.8 Å². The molecule has 0 bridgehead atoms. The van der Waals surface area contributed by atoms with Gasteiger partial charge < -0.3 is 15.4 Å². The second-order valence-corrected chi connectivity index (χ2v) is 5.84. The number of fused-ring (bicyclic) bond motifs is 1. The fourth-order valence-corrected chi connectivity index (χ4v) is 3.91. The minimum absolute atomic E-state index is 0.0240. The van der Waals surface area contributed by atoms with Crippen molar-refractivity contribution in [2.24, 2.45) is 0 Å². The molecule has 4 nitrogen and oxygen atoms in total. The Kier molecular flexibility index (Phi) is 6.54. The van der Waals surface area contributed by atoms with Crippen molar-refractivity contribution in [1.82, 2.24) is 10.6 Å².